The van der Waals surface area contributed by atoms with E-state index in [4.69, 9.17) is 30.9 Å². The number of rotatable bonds is 5. The van der Waals surface area contributed by atoms with Crippen molar-refractivity contribution >= 4 is 23.6 Å². The summed E-state index contributed by atoms with van der Waals surface area (Å²) in [5, 5.41) is 9.07. The Bertz CT molecular complexity index is 642. The van der Waals surface area contributed by atoms with Crippen LogP contribution in [0.4, 0.5) is 13.2 Å². The van der Waals surface area contributed by atoms with Crippen LogP contribution in [-0.2, 0) is 9.53 Å². The lowest BCUT2D eigenvalue weighted by Crippen LogP contribution is -2.40. The Balaban J connectivity index is 2.39. The van der Waals surface area contributed by atoms with Crippen molar-refractivity contribution in [3.8, 4) is 11.5 Å². The molecule has 1 heterocycles. The first-order valence-electron chi connectivity index (χ1n) is 6.37. The monoisotopic (exact) mass is 352 g/mol. The third kappa shape index (κ3) is 3.89. The zero-order valence-corrected chi connectivity index (χ0v) is 12.6. The molecule has 0 aliphatic carbocycles. The molecule has 5 nitrogen and oxygen atoms in total. The van der Waals surface area contributed by atoms with Crippen molar-refractivity contribution in [2.75, 3.05) is 20.3 Å². The van der Waals surface area contributed by atoms with Gasteiger partial charge in [-0.2, -0.15) is 13.2 Å². The standard InChI is InChI=1S/C14H12ClF3O5/c1-21-2-3-22-11-6-10-7(5-9(11)15)4-8(13(19)20)12(23-10)14(16,17)18/h4-6,12H,2-3H2,1H3,(H,19,20). The maximum absolute atomic E-state index is 13.0. The van der Waals surface area contributed by atoms with E-state index in [1.807, 2.05) is 0 Å². The second kappa shape index (κ2) is 6.67. The summed E-state index contributed by atoms with van der Waals surface area (Å²) in [5.41, 5.74) is -0.777. The second-order valence-corrected chi connectivity index (χ2v) is 5.01. The van der Waals surface area contributed by atoms with Crippen molar-refractivity contribution < 1.29 is 37.3 Å². The molecule has 0 radical (unpaired) electrons. The van der Waals surface area contributed by atoms with Gasteiger partial charge < -0.3 is 19.3 Å². The summed E-state index contributed by atoms with van der Waals surface area (Å²) in [7, 11) is 1.47. The number of carbonyl (C=O) groups is 1. The van der Waals surface area contributed by atoms with Crippen LogP contribution in [0.15, 0.2) is 17.7 Å². The highest BCUT2D eigenvalue weighted by Crippen LogP contribution is 2.41. The Labute approximate surface area is 134 Å². The molecule has 1 atom stereocenters. The van der Waals surface area contributed by atoms with Gasteiger partial charge in [-0.05, 0) is 12.1 Å². The van der Waals surface area contributed by atoms with Crippen molar-refractivity contribution in [3.63, 3.8) is 0 Å². The van der Waals surface area contributed by atoms with E-state index in [1.54, 1.807) is 0 Å². The van der Waals surface area contributed by atoms with E-state index in [9.17, 15) is 18.0 Å². The molecule has 9 heteroatoms. The van der Waals surface area contributed by atoms with Gasteiger partial charge in [0.2, 0.25) is 6.10 Å². The van der Waals surface area contributed by atoms with Crippen molar-refractivity contribution in [3.05, 3.63) is 28.3 Å². The van der Waals surface area contributed by atoms with E-state index in [0.717, 1.165) is 6.08 Å². The summed E-state index contributed by atoms with van der Waals surface area (Å²) in [4.78, 5) is 11.0. The average Bonchev–Trinajstić information content (AvgIpc) is 2.45. The van der Waals surface area contributed by atoms with Gasteiger partial charge in [-0.1, -0.05) is 11.6 Å². The van der Waals surface area contributed by atoms with Crippen LogP contribution in [0.25, 0.3) is 6.08 Å². The molecular weight excluding hydrogens is 341 g/mol. The van der Waals surface area contributed by atoms with E-state index < -0.39 is 23.8 Å². The molecule has 0 amide bonds. The predicted octanol–water partition coefficient (Wildman–Crippen LogP) is 3.16. The van der Waals surface area contributed by atoms with Gasteiger partial charge in [0, 0.05) is 18.7 Å². The van der Waals surface area contributed by atoms with Crippen LogP contribution in [0, 0.1) is 0 Å². The number of hydrogen-bond acceptors (Lipinski definition) is 4. The third-order valence-electron chi connectivity index (χ3n) is 2.99. The smallest absolute Gasteiger partial charge is 0.430 e. The molecule has 0 saturated carbocycles. The summed E-state index contributed by atoms with van der Waals surface area (Å²) in [5.74, 6) is -1.75. The fraction of sp³-hybridized carbons (Fsp3) is 0.357. The minimum absolute atomic E-state index is 0.120. The summed E-state index contributed by atoms with van der Waals surface area (Å²) >= 11 is 5.97. The molecule has 2 rings (SSSR count). The second-order valence-electron chi connectivity index (χ2n) is 4.61. The molecule has 1 aliphatic heterocycles. The van der Waals surface area contributed by atoms with E-state index in [2.05, 4.69) is 0 Å². The number of halogens is 4. The fourth-order valence-corrected chi connectivity index (χ4v) is 2.19. The summed E-state index contributed by atoms with van der Waals surface area (Å²) < 4.78 is 53.8. The van der Waals surface area contributed by atoms with Crippen LogP contribution in [0.1, 0.15) is 5.56 Å². The molecule has 1 N–H and O–H groups in total. The Morgan fingerprint density at radius 1 is 1.39 bits per heavy atom. The number of methoxy groups -OCH3 is 1. The van der Waals surface area contributed by atoms with Crippen molar-refractivity contribution in [2.24, 2.45) is 0 Å². The Morgan fingerprint density at radius 3 is 2.65 bits per heavy atom. The molecular formula is C14H12ClF3O5. The average molecular weight is 353 g/mol. The number of alkyl halides is 3. The van der Waals surface area contributed by atoms with Crippen LogP contribution in [-0.4, -0.2) is 43.7 Å². The molecule has 1 aromatic carbocycles. The Morgan fingerprint density at radius 2 is 2.09 bits per heavy atom. The lowest BCUT2D eigenvalue weighted by atomic mass is 10.0. The number of fused-ring (bicyclic) bond motifs is 1. The van der Waals surface area contributed by atoms with E-state index in [0.29, 0.717) is 0 Å². The van der Waals surface area contributed by atoms with Crippen molar-refractivity contribution in [1.29, 1.82) is 0 Å². The molecule has 0 aromatic heterocycles. The number of carboxylic acid groups (broad SMARTS) is 1. The molecule has 126 valence electrons. The zero-order chi connectivity index (χ0) is 17.2. The van der Waals surface area contributed by atoms with Gasteiger partial charge in [-0.15, -0.1) is 0 Å². The van der Waals surface area contributed by atoms with Gasteiger partial charge in [-0.25, -0.2) is 4.79 Å². The highest BCUT2D eigenvalue weighted by Gasteiger charge is 2.48. The Kier molecular flexibility index (Phi) is 5.06. The van der Waals surface area contributed by atoms with Gasteiger partial charge in [0.25, 0.3) is 0 Å². The first kappa shape index (κ1) is 17.4. The largest absolute Gasteiger partial charge is 0.489 e. The van der Waals surface area contributed by atoms with Gasteiger partial charge in [0.05, 0.1) is 17.2 Å². The van der Waals surface area contributed by atoms with Crippen LogP contribution in [0.2, 0.25) is 5.02 Å². The highest BCUT2D eigenvalue weighted by molar-refractivity contribution is 6.32. The first-order chi connectivity index (χ1) is 10.7. The van der Waals surface area contributed by atoms with E-state index >= 15 is 0 Å². The molecule has 0 bridgehead atoms. The van der Waals surface area contributed by atoms with Gasteiger partial charge in [-0.3, -0.25) is 0 Å². The number of ether oxygens (including phenoxy) is 3. The topological polar surface area (TPSA) is 65.0 Å². The quantitative estimate of drug-likeness (QED) is 0.825. The SMILES string of the molecule is COCCOc1cc2c(cc1Cl)C=C(C(=O)O)C(C(F)(F)F)O2. The minimum atomic E-state index is -4.86. The van der Waals surface area contributed by atoms with Gasteiger partial charge in [0.15, 0.2) is 0 Å². The molecule has 0 spiro atoms. The first-order valence-corrected chi connectivity index (χ1v) is 6.75. The van der Waals surface area contributed by atoms with Crippen LogP contribution in [0.3, 0.4) is 0 Å². The van der Waals surface area contributed by atoms with E-state index in [1.165, 1.54) is 19.2 Å². The normalized spacial score (nSPS) is 17.1. The maximum atomic E-state index is 13.0. The molecule has 1 aromatic rings. The zero-order valence-electron chi connectivity index (χ0n) is 11.8. The minimum Gasteiger partial charge on any atom is -0.489 e. The highest BCUT2D eigenvalue weighted by atomic mass is 35.5. The third-order valence-corrected chi connectivity index (χ3v) is 3.29. The summed E-state index contributed by atoms with van der Waals surface area (Å²) in [6, 6.07) is 2.48. The van der Waals surface area contributed by atoms with Crippen LogP contribution in [0.5, 0.6) is 11.5 Å². The predicted molar refractivity (Wildman–Crippen MR) is 74.9 cm³/mol. The van der Waals surface area contributed by atoms with Crippen LogP contribution < -0.4 is 9.47 Å². The van der Waals surface area contributed by atoms with Gasteiger partial charge in [0.1, 0.15) is 18.1 Å². The van der Waals surface area contributed by atoms with Crippen molar-refractivity contribution in [2.45, 2.75) is 12.3 Å². The number of aliphatic carboxylic acids is 1. The molecule has 0 fully saturated rings. The lowest BCUT2D eigenvalue weighted by molar-refractivity contribution is -0.187. The Hall–Kier alpha value is -1.93. The summed E-state index contributed by atoms with van der Waals surface area (Å²) in [6.45, 7) is 0.413. The summed E-state index contributed by atoms with van der Waals surface area (Å²) in [6.07, 6.45) is -6.52. The number of carboxylic acids is 1. The van der Waals surface area contributed by atoms with Crippen LogP contribution >= 0.6 is 11.6 Å². The molecule has 1 aliphatic rings. The van der Waals surface area contributed by atoms with E-state index in [-0.39, 0.29) is 35.3 Å². The number of hydrogen-bond donors (Lipinski definition) is 1. The number of benzene rings is 1. The molecule has 23 heavy (non-hydrogen) atoms. The molecule has 0 saturated heterocycles. The fourth-order valence-electron chi connectivity index (χ4n) is 1.96. The maximum Gasteiger partial charge on any atom is 0.430 e. The van der Waals surface area contributed by atoms with Crippen molar-refractivity contribution in [1.82, 2.24) is 0 Å². The lowest BCUT2D eigenvalue weighted by Gasteiger charge is -2.27. The molecule has 1 unspecified atom stereocenters. The van der Waals surface area contributed by atoms with Gasteiger partial charge >= 0.3 is 12.1 Å².